The summed E-state index contributed by atoms with van der Waals surface area (Å²) in [4.78, 5) is 70.2. The first-order valence-electron chi connectivity index (χ1n) is 18.2. The highest BCUT2D eigenvalue weighted by atomic mass is 16.6. The number of allylic oxidation sites excluding steroid dienone is 3. The zero-order valence-electron chi connectivity index (χ0n) is 31.3. The molecule has 2 aliphatic rings. The molecule has 3 rings (SSSR count). The van der Waals surface area contributed by atoms with Crippen molar-refractivity contribution in [3.8, 4) is 0 Å². The number of hydrogen-bond acceptors (Lipinski definition) is 8. The van der Waals surface area contributed by atoms with Crippen LogP contribution in [0.2, 0.25) is 0 Å². The van der Waals surface area contributed by atoms with Crippen molar-refractivity contribution in [1.29, 1.82) is 0 Å². The van der Waals surface area contributed by atoms with Crippen LogP contribution >= 0.6 is 0 Å². The first kappa shape index (κ1) is 41.5. The maximum Gasteiger partial charge on any atom is 0.243 e. The summed E-state index contributed by atoms with van der Waals surface area (Å²) in [7, 11) is 0. The summed E-state index contributed by atoms with van der Waals surface area (Å²) in [6.45, 7) is 18.0. The molecule has 2 aliphatic heterocycles. The summed E-state index contributed by atoms with van der Waals surface area (Å²) in [5, 5.41) is 11.6. The van der Waals surface area contributed by atoms with Crippen molar-refractivity contribution in [2.45, 2.75) is 103 Å². The number of rotatable bonds is 21. The van der Waals surface area contributed by atoms with Gasteiger partial charge in [0.15, 0.2) is 5.78 Å². The second kappa shape index (κ2) is 20.2. The third-order valence-electron chi connectivity index (χ3n) is 9.17. The number of nitrogens with one attached hydrogen (secondary N) is 4. The van der Waals surface area contributed by atoms with Gasteiger partial charge in [-0.1, -0.05) is 82.3 Å². The minimum Gasteiger partial charge on any atom is -0.379 e. The Kier molecular flexibility index (Phi) is 16.5. The number of ether oxygens (including phenoxy) is 2. The van der Waals surface area contributed by atoms with Gasteiger partial charge in [-0.3, -0.25) is 28.9 Å². The normalized spacial score (nSPS) is 20.1. The van der Waals surface area contributed by atoms with E-state index in [1.165, 1.54) is 0 Å². The Labute approximate surface area is 303 Å². The van der Waals surface area contributed by atoms with E-state index in [0.29, 0.717) is 58.6 Å². The van der Waals surface area contributed by atoms with Gasteiger partial charge in [-0.25, -0.2) is 0 Å². The molecule has 5 atom stereocenters. The van der Waals surface area contributed by atoms with E-state index in [0.717, 1.165) is 11.1 Å². The lowest BCUT2D eigenvalue weighted by Gasteiger charge is -2.29. The molecular weight excluding hydrogens is 650 g/mol. The topological polar surface area (TPSA) is 158 Å². The number of Topliss-reactive ketones (excluding diaryl/α,β-unsaturated/α-hetero) is 1. The molecule has 0 saturated carbocycles. The molecule has 2 fully saturated rings. The highest BCUT2D eigenvalue weighted by Gasteiger charge is 2.50. The van der Waals surface area contributed by atoms with Crippen LogP contribution in [-0.4, -0.2) is 104 Å². The highest BCUT2D eigenvalue weighted by molar-refractivity contribution is 5.98. The minimum atomic E-state index is -1.03. The molecule has 51 heavy (non-hydrogen) atoms. The van der Waals surface area contributed by atoms with Crippen LogP contribution in [0.4, 0.5) is 0 Å². The van der Waals surface area contributed by atoms with Crippen LogP contribution in [0.1, 0.15) is 72.8 Å². The molecule has 0 bridgehead atoms. The summed E-state index contributed by atoms with van der Waals surface area (Å²) in [5.74, 6) is -1.88. The van der Waals surface area contributed by atoms with Gasteiger partial charge in [-0.15, -0.1) is 0 Å². The first-order valence-corrected chi connectivity index (χ1v) is 18.2. The number of morpholine rings is 1. The van der Waals surface area contributed by atoms with Gasteiger partial charge in [-0.05, 0) is 56.9 Å². The molecule has 12 heteroatoms. The van der Waals surface area contributed by atoms with Gasteiger partial charge >= 0.3 is 0 Å². The molecule has 1 aromatic rings. The predicted molar refractivity (Wildman–Crippen MR) is 197 cm³/mol. The lowest BCUT2D eigenvalue weighted by molar-refractivity contribution is -0.135. The molecule has 4 amide bonds. The Balaban J connectivity index is 1.81. The van der Waals surface area contributed by atoms with Crippen LogP contribution in [0, 0.1) is 11.8 Å². The van der Waals surface area contributed by atoms with Crippen molar-refractivity contribution in [3.63, 3.8) is 0 Å². The van der Waals surface area contributed by atoms with Crippen LogP contribution in [0.5, 0.6) is 0 Å². The Hall–Kier alpha value is -3.87. The standard InChI is InChI=1S/C39H59N5O7/c1-8-28(9-2)15-16-30(40-34(45)24-44-17-19-50-20-18-44)36(47)42-32(22-27(5)6)37(48)43-33(23-29-13-11-10-12-14-29)38(49)41-31(21-26(3)4)35(46)39(7)25-51-39/h8-14,26-27,30-33H,1,15-25H2,2-7H3,(H,40,45)(H,41,49)(H,42,47)(H,43,48)/b28-9+/t30-,31-,32-,33-,39+/m0/s1. The highest BCUT2D eigenvalue weighted by Crippen LogP contribution is 2.29. The molecule has 0 spiro atoms. The zero-order valence-corrected chi connectivity index (χ0v) is 31.3. The number of epoxide rings is 1. The third-order valence-corrected chi connectivity index (χ3v) is 9.17. The monoisotopic (exact) mass is 709 g/mol. The molecule has 1 aromatic carbocycles. The second-order valence-corrected chi connectivity index (χ2v) is 14.6. The van der Waals surface area contributed by atoms with Gasteiger partial charge in [-0.2, -0.15) is 0 Å². The summed E-state index contributed by atoms with van der Waals surface area (Å²) in [6, 6.07) is 5.57. The molecule has 0 aliphatic carbocycles. The smallest absolute Gasteiger partial charge is 0.243 e. The van der Waals surface area contributed by atoms with Gasteiger partial charge < -0.3 is 30.7 Å². The summed E-state index contributed by atoms with van der Waals surface area (Å²) in [6.07, 6.45) is 5.30. The van der Waals surface area contributed by atoms with Crippen LogP contribution in [0.3, 0.4) is 0 Å². The maximum atomic E-state index is 14.0. The number of carbonyl (C=O) groups is 5. The van der Waals surface area contributed by atoms with Crippen molar-refractivity contribution in [3.05, 3.63) is 60.2 Å². The van der Waals surface area contributed by atoms with E-state index in [2.05, 4.69) is 27.8 Å². The number of ketones is 1. The average molecular weight is 710 g/mol. The molecule has 282 valence electrons. The van der Waals surface area contributed by atoms with E-state index >= 15 is 0 Å². The average Bonchev–Trinajstić information content (AvgIpc) is 3.85. The zero-order chi connectivity index (χ0) is 37.6. The van der Waals surface area contributed by atoms with Gasteiger partial charge in [0.25, 0.3) is 0 Å². The minimum absolute atomic E-state index is 0.0135. The fourth-order valence-electron chi connectivity index (χ4n) is 6.05. The van der Waals surface area contributed by atoms with Gasteiger partial charge in [0.2, 0.25) is 23.6 Å². The summed E-state index contributed by atoms with van der Waals surface area (Å²) >= 11 is 0. The van der Waals surface area contributed by atoms with Crippen molar-refractivity contribution < 1.29 is 33.4 Å². The van der Waals surface area contributed by atoms with Crippen LogP contribution in [0.15, 0.2) is 54.6 Å². The van der Waals surface area contributed by atoms with Crippen LogP contribution in [0.25, 0.3) is 0 Å². The van der Waals surface area contributed by atoms with E-state index in [-0.39, 0.29) is 36.5 Å². The fourth-order valence-corrected chi connectivity index (χ4v) is 6.05. The lowest BCUT2D eigenvalue weighted by Crippen LogP contribution is -2.59. The summed E-state index contributed by atoms with van der Waals surface area (Å²) < 4.78 is 10.8. The van der Waals surface area contributed by atoms with Crippen molar-refractivity contribution >= 4 is 29.4 Å². The van der Waals surface area contributed by atoms with E-state index in [9.17, 15) is 24.0 Å². The largest absolute Gasteiger partial charge is 0.379 e. The molecule has 0 unspecified atom stereocenters. The van der Waals surface area contributed by atoms with E-state index < -0.39 is 47.5 Å². The number of nitrogens with zero attached hydrogens (tertiary/aromatic N) is 1. The number of benzene rings is 1. The van der Waals surface area contributed by atoms with Gasteiger partial charge in [0.05, 0.1) is 32.4 Å². The molecule has 0 aromatic heterocycles. The summed E-state index contributed by atoms with van der Waals surface area (Å²) in [5.41, 5.74) is 0.820. The SMILES string of the molecule is C=C/C(=C\C)CC[C@H](NC(=O)CN1CCOCC1)C(=O)N[C@@H](CC(C)C)C(=O)N[C@@H](Cc1ccccc1)C(=O)N[C@@H](CC(C)C)C(=O)[C@@]1(C)CO1. The first-order chi connectivity index (χ1) is 24.2. The van der Waals surface area contributed by atoms with E-state index in [1.54, 1.807) is 13.0 Å². The molecule has 2 heterocycles. The van der Waals surface area contributed by atoms with Crippen LogP contribution < -0.4 is 21.3 Å². The molecule has 2 saturated heterocycles. The lowest BCUT2D eigenvalue weighted by atomic mass is 9.93. The Morgan fingerprint density at radius 2 is 1.39 bits per heavy atom. The van der Waals surface area contributed by atoms with E-state index in [4.69, 9.17) is 9.47 Å². The number of hydrogen-bond donors (Lipinski definition) is 4. The molecular formula is C39H59N5O7. The van der Waals surface area contributed by atoms with Gasteiger partial charge in [0.1, 0.15) is 23.7 Å². The van der Waals surface area contributed by atoms with Crippen molar-refractivity contribution in [1.82, 2.24) is 26.2 Å². The molecule has 4 N–H and O–H groups in total. The second-order valence-electron chi connectivity index (χ2n) is 14.6. The molecule has 12 nitrogen and oxygen atoms in total. The molecule has 0 radical (unpaired) electrons. The predicted octanol–water partition coefficient (Wildman–Crippen LogP) is 2.86. The van der Waals surface area contributed by atoms with E-state index in [1.807, 2.05) is 75.9 Å². The Morgan fingerprint density at radius 3 is 1.96 bits per heavy atom. The Morgan fingerprint density at radius 1 is 0.843 bits per heavy atom. The van der Waals surface area contributed by atoms with Crippen molar-refractivity contribution in [2.24, 2.45) is 11.8 Å². The van der Waals surface area contributed by atoms with Crippen molar-refractivity contribution in [2.75, 3.05) is 39.5 Å². The number of carbonyl (C=O) groups excluding carboxylic acids is 5. The fraction of sp³-hybridized carbons (Fsp3) is 0.615. The Bertz CT molecular complexity index is 1370. The quantitative estimate of drug-likeness (QED) is 0.112. The maximum absolute atomic E-state index is 14.0. The van der Waals surface area contributed by atoms with Gasteiger partial charge in [0, 0.05) is 19.5 Å². The third kappa shape index (κ3) is 14.0. The number of amides is 4. The van der Waals surface area contributed by atoms with Crippen LogP contribution in [-0.2, 0) is 39.9 Å².